The summed E-state index contributed by atoms with van der Waals surface area (Å²) in [6.07, 6.45) is 0. The lowest BCUT2D eigenvalue weighted by molar-refractivity contribution is 0.588. The smallest absolute Gasteiger partial charge is 0.252 e. The van der Waals surface area contributed by atoms with Gasteiger partial charge in [-0.2, -0.15) is 0 Å². The molecule has 6 heteroatoms. The topological polar surface area (TPSA) is 24.3 Å². The maximum atomic E-state index is 5.53. The van der Waals surface area contributed by atoms with Crippen molar-refractivity contribution in [1.82, 2.24) is 9.55 Å². The molecule has 0 atom stereocenters. The molecule has 388 valence electrons. The summed E-state index contributed by atoms with van der Waals surface area (Å²) < 4.78 is 2.46. The minimum atomic E-state index is -0.0676. The summed E-state index contributed by atoms with van der Waals surface area (Å²) in [5.74, 6) is 1.60. The first-order valence-electron chi connectivity index (χ1n) is 28.1. The van der Waals surface area contributed by atoms with Crippen molar-refractivity contribution < 1.29 is 0 Å². The van der Waals surface area contributed by atoms with E-state index in [1.807, 2.05) is 11.8 Å². The highest BCUT2D eigenvalue weighted by Crippen LogP contribution is 2.56. The SMILES string of the molecule is CC(C)c1cccc(C(C)C)c1-n1c(-c2cccc(-c3cc4c5c(c3)N3c6ccc(C(C)(C)C)cc6Sc6cc(C(C)(C)C)cc(c63)B5c3cc(C(C)(C)C)ccc3N4c3ccc(C(C)(C)C)cc3)c2)nc2ccccc21. The van der Waals surface area contributed by atoms with Crippen LogP contribution >= 0.6 is 11.8 Å². The van der Waals surface area contributed by atoms with Crippen LogP contribution in [-0.4, -0.2) is 16.3 Å². The van der Waals surface area contributed by atoms with Crippen molar-refractivity contribution in [2.75, 3.05) is 9.80 Å². The number of hydrogen-bond acceptors (Lipinski definition) is 4. The largest absolute Gasteiger partial charge is 0.311 e. The van der Waals surface area contributed by atoms with Crippen LogP contribution in [0.3, 0.4) is 0 Å². The van der Waals surface area contributed by atoms with Crippen molar-refractivity contribution in [2.45, 2.75) is 154 Å². The second-order valence-corrected chi connectivity index (χ2v) is 28.1. The van der Waals surface area contributed by atoms with Crippen LogP contribution in [0.2, 0.25) is 0 Å². The summed E-state index contributed by atoms with van der Waals surface area (Å²) in [7, 11) is 0. The Bertz CT molecular complexity index is 3820. The number of fused-ring (bicyclic) bond motifs is 7. The number of rotatable bonds is 6. The molecule has 0 saturated carbocycles. The van der Waals surface area contributed by atoms with Gasteiger partial charge in [0, 0.05) is 38.1 Å². The molecule has 77 heavy (non-hydrogen) atoms. The zero-order valence-electron chi connectivity index (χ0n) is 48.4. The number of anilines is 6. The third-order valence-corrected chi connectivity index (χ3v) is 17.8. The Morgan fingerprint density at radius 3 is 1.61 bits per heavy atom. The Hall–Kier alpha value is -6.76. The predicted octanol–water partition coefficient (Wildman–Crippen LogP) is 18.3. The molecular weight excluding hydrogens is 952 g/mol. The van der Waals surface area contributed by atoms with E-state index in [9.17, 15) is 0 Å². The van der Waals surface area contributed by atoms with Crippen LogP contribution in [0.25, 0.3) is 39.2 Å². The highest BCUT2D eigenvalue weighted by molar-refractivity contribution is 7.99. The molecule has 0 aliphatic carbocycles. The lowest BCUT2D eigenvalue weighted by Crippen LogP contribution is -2.62. The maximum Gasteiger partial charge on any atom is 0.252 e. The maximum absolute atomic E-state index is 5.53. The molecule has 12 rings (SSSR count). The number of para-hydroxylation sites is 3. The van der Waals surface area contributed by atoms with E-state index in [1.54, 1.807) is 0 Å². The number of nitrogens with zero attached hydrogens (tertiary/aromatic N) is 4. The zero-order chi connectivity index (χ0) is 54.4. The summed E-state index contributed by atoms with van der Waals surface area (Å²) >= 11 is 1.95. The van der Waals surface area contributed by atoms with Gasteiger partial charge in [0.05, 0.1) is 28.1 Å². The van der Waals surface area contributed by atoms with Crippen LogP contribution in [0.4, 0.5) is 34.1 Å². The Labute approximate surface area is 464 Å². The fourth-order valence-corrected chi connectivity index (χ4v) is 13.5. The van der Waals surface area contributed by atoms with Gasteiger partial charge in [-0.3, -0.25) is 4.57 Å². The summed E-state index contributed by atoms with van der Waals surface area (Å²) in [4.78, 5) is 13.4. The molecule has 3 aliphatic heterocycles. The molecule has 0 bridgehead atoms. The Kier molecular flexibility index (Phi) is 11.9. The lowest BCUT2D eigenvalue weighted by atomic mass is 9.33. The molecule has 1 aromatic heterocycles. The molecule has 8 aromatic carbocycles. The van der Waals surface area contributed by atoms with E-state index in [2.05, 4.69) is 277 Å². The van der Waals surface area contributed by atoms with Gasteiger partial charge in [0.2, 0.25) is 0 Å². The summed E-state index contributed by atoms with van der Waals surface area (Å²) in [5.41, 5.74) is 26.2. The van der Waals surface area contributed by atoms with Crippen molar-refractivity contribution in [3.05, 3.63) is 185 Å². The van der Waals surface area contributed by atoms with Crippen LogP contribution in [0.5, 0.6) is 0 Å². The van der Waals surface area contributed by atoms with E-state index >= 15 is 0 Å². The zero-order valence-corrected chi connectivity index (χ0v) is 49.2. The Morgan fingerprint density at radius 2 is 0.974 bits per heavy atom. The van der Waals surface area contributed by atoms with Crippen LogP contribution in [-0.2, 0) is 21.7 Å². The van der Waals surface area contributed by atoms with Gasteiger partial charge >= 0.3 is 0 Å². The van der Waals surface area contributed by atoms with Crippen LogP contribution in [0.1, 0.15) is 156 Å². The highest BCUT2D eigenvalue weighted by atomic mass is 32.2. The molecule has 3 aliphatic rings. The second-order valence-electron chi connectivity index (χ2n) is 27.0. The molecule has 4 heterocycles. The normalized spacial score (nSPS) is 14.1. The van der Waals surface area contributed by atoms with Gasteiger partial charge in [-0.1, -0.05) is 207 Å². The first-order valence-corrected chi connectivity index (χ1v) is 28.9. The second kappa shape index (κ2) is 17.9. The lowest BCUT2D eigenvalue weighted by Gasteiger charge is -2.47. The standard InChI is InChI=1S/C71H75BN4S/c1-42(2)52-23-20-24-53(43(3)4)65(52)76-58-26-18-17-25-56(58)73-67(76)45-22-19-21-44(35-45)46-36-60-64-61(37-46)75-59-34-30-49(70(11,12)13)40-62(59)77-63-41-50(71(14,15)16)39-55(66(63)75)72(64)54-38-48(69(8,9)10)29-33-57(54)74(60)51-31-27-47(28-32-51)68(5,6)7/h17-43H,1-16H3. The first-order chi connectivity index (χ1) is 36.4. The number of imidazole rings is 1. The van der Waals surface area contributed by atoms with E-state index in [1.165, 1.54) is 99.2 Å². The van der Waals surface area contributed by atoms with Gasteiger partial charge in [-0.25, -0.2) is 4.98 Å². The number of hydrogen-bond donors (Lipinski definition) is 0. The molecule has 4 nitrogen and oxygen atoms in total. The van der Waals surface area contributed by atoms with E-state index in [0.717, 1.165) is 33.7 Å². The molecule has 0 saturated heterocycles. The molecule has 0 amide bonds. The average molecular weight is 1030 g/mol. The molecular formula is C71H75BN4S. The molecule has 0 spiro atoms. The Morgan fingerprint density at radius 1 is 0.429 bits per heavy atom. The van der Waals surface area contributed by atoms with E-state index < -0.39 is 0 Å². The van der Waals surface area contributed by atoms with Gasteiger partial charge in [0.1, 0.15) is 5.82 Å². The monoisotopic (exact) mass is 1030 g/mol. The van der Waals surface area contributed by atoms with Crippen molar-refractivity contribution in [3.8, 4) is 28.2 Å². The van der Waals surface area contributed by atoms with Crippen molar-refractivity contribution in [1.29, 1.82) is 0 Å². The summed E-state index contributed by atoms with van der Waals surface area (Å²) in [5, 5.41) is 0. The van der Waals surface area contributed by atoms with Crippen LogP contribution in [0.15, 0.2) is 161 Å². The van der Waals surface area contributed by atoms with E-state index in [4.69, 9.17) is 4.98 Å². The van der Waals surface area contributed by atoms with Gasteiger partial charge < -0.3 is 9.80 Å². The van der Waals surface area contributed by atoms with Crippen molar-refractivity contribution >= 4 is 80.0 Å². The van der Waals surface area contributed by atoms with Gasteiger partial charge in [0.15, 0.2) is 0 Å². The van der Waals surface area contributed by atoms with Crippen LogP contribution in [0, 0.1) is 0 Å². The van der Waals surface area contributed by atoms with Gasteiger partial charge in [0.25, 0.3) is 6.71 Å². The number of benzene rings is 8. The molecule has 0 unspecified atom stereocenters. The molecule has 9 aromatic rings. The van der Waals surface area contributed by atoms with Gasteiger partial charge in [-0.05, 0) is 161 Å². The summed E-state index contributed by atoms with van der Waals surface area (Å²) in [6.45, 7) is 37.3. The fraction of sp³-hybridized carbons (Fsp3) is 0.310. The third kappa shape index (κ3) is 8.47. The first kappa shape index (κ1) is 51.0. The number of aromatic nitrogens is 2. The van der Waals surface area contributed by atoms with E-state index in [0.29, 0.717) is 11.8 Å². The van der Waals surface area contributed by atoms with Gasteiger partial charge in [-0.15, -0.1) is 0 Å². The summed E-state index contributed by atoms with van der Waals surface area (Å²) in [6, 6.07) is 58.9. The van der Waals surface area contributed by atoms with Crippen LogP contribution < -0.4 is 26.2 Å². The predicted molar refractivity (Wildman–Crippen MR) is 333 cm³/mol. The molecule has 0 radical (unpaired) electrons. The third-order valence-electron chi connectivity index (χ3n) is 16.7. The fourth-order valence-electron chi connectivity index (χ4n) is 12.3. The molecule has 0 fully saturated rings. The van der Waals surface area contributed by atoms with E-state index in [-0.39, 0.29) is 28.4 Å². The van der Waals surface area contributed by atoms with Crippen molar-refractivity contribution in [3.63, 3.8) is 0 Å². The van der Waals surface area contributed by atoms with Crippen molar-refractivity contribution in [2.24, 2.45) is 0 Å². The average Bonchev–Trinajstić information content (AvgIpc) is 3.96. The minimum Gasteiger partial charge on any atom is -0.311 e. The minimum absolute atomic E-state index is 0.00330. The quantitative estimate of drug-likeness (QED) is 0.155. The highest BCUT2D eigenvalue weighted by Gasteiger charge is 2.47. The molecule has 0 N–H and O–H groups in total. The Balaban J connectivity index is 1.17.